The first kappa shape index (κ1) is 22.5. The van der Waals surface area contributed by atoms with E-state index in [1.165, 1.54) is 0 Å². The Bertz CT molecular complexity index is 17.7. The molecule has 0 saturated carbocycles. The van der Waals surface area contributed by atoms with Gasteiger partial charge in [0, 0.05) is 0 Å². The average Bonchev–Trinajstić information content (AvgIpc) is 1.70. The average molecular weight is 287 g/mol. The third-order valence-electron chi connectivity index (χ3n) is 0. The van der Waals surface area contributed by atoms with Crippen molar-refractivity contribution in [3.63, 3.8) is 0 Å². The topological polar surface area (TPSA) is 60.7 Å². The van der Waals surface area contributed by atoms with Crippen molar-refractivity contribution in [3.05, 3.63) is 20.8 Å². The first-order valence-electron chi connectivity index (χ1n) is 2.45. The van der Waals surface area contributed by atoms with E-state index < -0.39 is 0 Å². The van der Waals surface area contributed by atoms with Crippen LogP contribution in [0.5, 0.6) is 0 Å². The minimum absolute atomic E-state index is 0. The molecule has 3 nitrogen and oxygen atoms in total. The van der Waals surface area contributed by atoms with Crippen LogP contribution in [-0.4, -0.2) is 35.1 Å². The first-order valence-corrected chi connectivity index (χ1v) is 2.45. The van der Waals surface area contributed by atoms with Crippen LogP contribution in [0, 0.1) is 70.1 Å². The first-order chi connectivity index (χ1) is 4.24. The van der Waals surface area contributed by atoms with Gasteiger partial charge in [0.15, 0.2) is 0 Å². The van der Waals surface area contributed by atoms with Gasteiger partial charge in [-0.1, -0.05) is 19.8 Å². The van der Waals surface area contributed by atoms with E-state index in [9.17, 15) is 0 Å². The molecule has 0 aliphatic carbocycles. The summed E-state index contributed by atoms with van der Waals surface area (Å²) >= 11 is 0. The second-order valence-corrected chi connectivity index (χ2v) is 0.671. The molecule has 0 spiro atoms. The van der Waals surface area contributed by atoms with Crippen molar-refractivity contribution in [2.24, 2.45) is 0 Å². The zero-order chi connectivity index (χ0) is 8.12. The summed E-state index contributed by atoms with van der Waals surface area (Å²) in [5.41, 5.74) is 0. The summed E-state index contributed by atoms with van der Waals surface area (Å²) in [5.74, 6) is 0. The van der Waals surface area contributed by atoms with E-state index in [1.807, 2.05) is 0 Å². The molecule has 0 aromatic heterocycles. The smallest absolute Gasteiger partial charge is 0.428 e. The van der Waals surface area contributed by atoms with Gasteiger partial charge in [0.25, 0.3) is 0 Å². The molecule has 0 rings (SSSR count). The number of rotatable bonds is 0. The van der Waals surface area contributed by atoms with Crippen LogP contribution >= 0.6 is 0 Å². The molecule has 0 aromatic rings. The molecule has 0 unspecified atom stereocenters. The molecular formula is C6H15EuO3. The van der Waals surface area contributed by atoms with Crippen LogP contribution in [0.25, 0.3) is 0 Å². The van der Waals surface area contributed by atoms with Crippen LogP contribution in [0.1, 0.15) is 0 Å². The van der Waals surface area contributed by atoms with Crippen LogP contribution in [-0.2, 0) is 0 Å². The Labute approximate surface area is 104 Å². The van der Waals surface area contributed by atoms with Gasteiger partial charge < -0.3 is 36.1 Å². The molecule has 0 bridgehead atoms. The van der Waals surface area contributed by atoms with E-state index >= 15 is 0 Å². The predicted molar refractivity (Wildman–Crippen MR) is 37.3 cm³/mol. The van der Waals surface area contributed by atoms with Crippen molar-refractivity contribution in [3.8, 4) is 0 Å². The molecule has 0 aliphatic rings. The van der Waals surface area contributed by atoms with Crippen LogP contribution < -0.4 is 0 Å². The Kier molecular flexibility index (Phi) is 106. The van der Waals surface area contributed by atoms with Gasteiger partial charge in [-0.15, -0.1) is 0 Å². The van der Waals surface area contributed by atoms with Gasteiger partial charge in [-0.2, -0.15) is 0 Å². The summed E-state index contributed by atoms with van der Waals surface area (Å²) in [5, 5.41) is 22.4. The summed E-state index contributed by atoms with van der Waals surface area (Å²) in [6.07, 6.45) is 0. The summed E-state index contributed by atoms with van der Waals surface area (Å²) in [4.78, 5) is 0. The second kappa shape index (κ2) is 47.0. The van der Waals surface area contributed by atoms with Crippen molar-refractivity contribution in [1.82, 2.24) is 0 Å². The number of hydrogen-bond donors (Lipinski definition) is 3. The molecule has 0 radical (unpaired) electrons. The standard InChI is InChI=1S/3C2H5O.Eu/c3*1-2-3;/h3*3H,1-2H2;/q3*-1;+3. The van der Waals surface area contributed by atoms with Crippen molar-refractivity contribution >= 4 is 0 Å². The third kappa shape index (κ3) is 316. The number of hydrogen-bond acceptors (Lipinski definition) is 3. The Hall–Kier alpha value is 1.46. The van der Waals surface area contributed by atoms with Gasteiger partial charge in [-0.05, 0) is 0 Å². The zero-order valence-electron chi connectivity index (χ0n) is 5.96. The molecular weight excluding hydrogens is 272 g/mol. The zero-order valence-corrected chi connectivity index (χ0v) is 8.39. The number of aliphatic hydroxyl groups excluding tert-OH is 3. The van der Waals surface area contributed by atoms with Gasteiger partial charge >= 0.3 is 49.4 Å². The normalized spacial score (nSPS) is 5.40. The molecule has 64 valence electrons. The molecule has 3 N–H and O–H groups in total. The van der Waals surface area contributed by atoms with Gasteiger partial charge in [0.05, 0.1) is 0 Å². The fraction of sp³-hybridized carbons (Fsp3) is 0.500. The molecule has 0 aliphatic heterocycles. The second-order valence-electron chi connectivity index (χ2n) is 0.671. The molecule has 0 heterocycles. The predicted octanol–water partition coefficient (Wildman–Crippen LogP) is -0.562. The Morgan fingerprint density at radius 2 is 0.700 bits per heavy atom. The van der Waals surface area contributed by atoms with E-state index in [1.54, 1.807) is 0 Å². The monoisotopic (exact) mass is 288 g/mol. The van der Waals surface area contributed by atoms with Gasteiger partial charge in [-0.3, -0.25) is 0 Å². The van der Waals surface area contributed by atoms with E-state index in [0.29, 0.717) is 0 Å². The number of aliphatic hydroxyl groups is 3. The Morgan fingerprint density at radius 1 is 0.700 bits per heavy atom. The molecule has 0 saturated heterocycles. The molecule has 0 aromatic carbocycles. The van der Waals surface area contributed by atoms with Crippen molar-refractivity contribution in [2.45, 2.75) is 0 Å². The summed E-state index contributed by atoms with van der Waals surface area (Å²) < 4.78 is 0. The molecule has 0 amide bonds. The molecule has 0 atom stereocenters. The largest absolute Gasteiger partial charge is 3.00 e. The quantitative estimate of drug-likeness (QED) is 0.523. The van der Waals surface area contributed by atoms with E-state index in [4.69, 9.17) is 15.3 Å². The van der Waals surface area contributed by atoms with E-state index in [-0.39, 0.29) is 69.2 Å². The van der Waals surface area contributed by atoms with Crippen LogP contribution in [0.4, 0.5) is 0 Å². The SMILES string of the molecule is [CH2-]CO.[CH2-]CO.[CH2-]CO.[Eu+3]. The van der Waals surface area contributed by atoms with Gasteiger partial charge in [-0.25, -0.2) is 0 Å². The van der Waals surface area contributed by atoms with Crippen LogP contribution in [0.2, 0.25) is 0 Å². The van der Waals surface area contributed by atoms with E-state index in [2.05, 4.69) is 20.8 Å². The maximum absolute atomic E-state index is 7.46. The van der Waals surface area contributed by atoms with E-state index in [0.717, 1.165) is 0 Å². The Morgan fingerprint density at radius 3 is 0.700 bits per heavy atom. The van der Waals surface area contributed by atoms with Crippen LogP contribution in [0.15, 0.2) is 0 Å². The molecule has 4 heteroatoms. The maximum Gasteiger partial charge on any atom is 3.00 e. The van der Waals surface area contributed by atoms with Crippen molar-refractivity contribution < 1.29 is 64.7 Å². The third-order valence-corrected chi connectivity index (χ3v) is 0. The summed E-state index contributed by atoms with van der Waals surface area (Å²) in [7, 11) is 0. The van der Waals surface area contributed by atoms with Crippen LogP contribution in [0.3, 0.4) is 0 Å². The van der Waals surface area contributed by atoms with Gasteiger partial charge in [0.1, 0.15) is 0 Å². The van der Waals surface area contributed by atoms with Crippen molar-refractivity contribution in [2.75, 3.05) is 19.8 Å². The summed E-state index contributed by atoms with van der Waals surface area (Å²) in [6.45, 7) is 9.12. The molecule has 10 heavy (non-hydrogen) atoms. The van der Waals surface area contributed by atoms with Crippen molar-refractivity contribution in [1.29, 1.82) is 0 Å². The Balaban J connectivity index is -0.0000000257. The summed E-state index contributed by atoms with van der Waals surface area (Å²) in [6, 6.07) is 0. The van der Waals surface area contributed by atoms with Gasteiger partial charge in [0.2, 0.25) is 0 Å². The fourth-order valence-corrected chi connectivity index (χ4v) is 0. The molecule has 0 fully saturated rings. The minimum atomic E-state index is 0. The minimum Gasteiger partial charge on any atom is -0.428 e. The fourth-order valence-electron chi connectivity index (χ4n) is 0. The maximum atomic E-state index is 7.46.